The number of carbonyl (C=O) groups is 2. The number of nitrogens with zero attached hydrogens (tertiary/aromatic N) is 2. The first-order valence-corrected chi connectivity index (χ1v) is 14.3. The number of para-hydroxylation sites is 2. The molecule has 0 spiro atoms. The zero-order chi connectivity index (χ0) is 28.6. The van der Waals surface area contributed by atoms with E-state index in [1.165, 1.54) is 17.0 Å². The SMILES string of the molecule is CCOc1ccccc1N(CC(=O)N(Cc1ccccc1)[C@H](C)C(=O)NC(C)(C)C)S(=O)(=O)c1ccccc1. The van der Waals surface area contributed by atoms with Gasteiger partial charge in [-0.2, -0.15) is 0 Å². The quantitative estimate of drug-likeness (QED) is 0.375. The van der Waals surface area contributed by atoms with Gasteiger partial charge in [0.2, 0.25) is 11.8 Å². The Labute approximate surface area is 231 Å². The molecule has 8 nitrogen and oxygen atoms in total. The topological polar surface area (TPSA) is 96.0 Å². The van der Waals surface area contributed by atoms with Crippen LogP contribution in [0.1, 0.15) is 40.2 Å². The molecule has 1 atom stereocenters. The molecule has 3 rings (SSSR count). The third-order valence-corrected chi connectivity index (χ3v) is 7.68. The molecule has 39 heavy (non-hydrogen) atoms. The molecule has 0 saturated heterocycles. The predicted octanol–water partition coefficient (Wildman–Crippen LogP) is 4.61. The molecule has 0 fully saturated rings. The standard InChI is InChI=1S/C30H37N3O5S/c1-6-38-27-20-14-13-19-26(27)33(39(36,37)25-17-11-8-12-18-25)22-28(34)32(21-24-15-9-7-10-16-24)23(2)29(35)31-30(3,4)5/h7-20,23H,6,21-22H2,1-5H3,(H,31,35)/t23-/m1/s1. The van der Waals surface area contributed by atoms with E-state index in [0.717, 1.165) is 9.87 Å². The molecule has 208 valence electrons. The Morgan fingerprint density at radius 1 is 0.897 bits per heavy atom. The predicted molar refractivity (Wildman–Crippen MR) is 153 cm³/mol. The van der Waals surface area contributed by atoms with Gasteiger partial charge in [0.15, 0.2) is 0 Å². The lowest BCUT2D eigenvalue weighted by atomic mass is 10.1. The normalized spacial score (nSPS) is 12.3. The fraction of sp³-hybridized carbons (Fsp3) is 0.333. The lowest BCUT2D eigenvalue weighted by molar-refractivity contribution is -0.140. The van der Waals surface area contributed by atoms with Gasteiger partial charge in [-0.15, -0.1) is 0 Å². The second-order valence-corrected chi connectivity index (χ2v) is 12.0. The minimum atomic E-state index is -4.17. The first-order valence-electron chi connectivity index (χ1n) is 12.9. The maximum absolute atomic E-state index is 14.0. The summed E-state index contributed by atoms with van der Waals surface area (Å²) in [5, 5.41) is 2.92. The summed E-state index contributed by atoms with van der Waals surface area (Å²) in [6, 6.07) is 23.1. The number of ether oxygens (including phenoxy) is 1. The highest BCUT2D eigenvalue weighted by atomic mass is 32.2. The number of sulfonamides is 1. The van der Waals surface area contributed by atoms with Gasteiger partial charge < -0.3 is 15.0 Å². The molecule has 1 N–H and O–H groups in total. The number of rotatable bonds is 11. The Bertz CT molecular complexity index is 1360. The summed E-state index contributed by atoms with van der Waals surface area (Å²) in [7, 11) is -4.17. The summed E-state index contributed by atoms with van der Waals surface area (Å²) in [5.74, 6) is -0.527. The molecule has 3 aromatic carbocycles. The average Bonchev–Trinajstić information content (AvgIpc) is 2.90. The van der Waals surface area contributed by atoms with Gasteiger partial charge in [0.05, 0.1) is 17.2 Å². The molecule has 0 radical (unpaired) electrons. The molecule has 9 heteroatoms. The first-order chi connectivity index (χ1) is 18.4. The summed E-state index contributed by atoms with van der Waals surface area (Å²) in [5.41, 5.74) is 0.544. The van der Waals surface area contributed by atoms with Gasteiger partial charge in [-0.1, -0.05) is 60.7 Å². The minimum Gasteiger partial charge on any atom is -0.492 e. The van der Waals surface area contributed by atoms with E-state index in [0.29, 0.717) is 12.4 Å². The van der Waals surface area contributed by atoms with Crippen molar-refractivity contribution < 1.29 is 22.7 Å². The summed E-state index contributed by atoms with van der Waals surface area (Å²) in [4.78, 5) is 28.6. The van der Waals surface area contributed by atoms with Crippen LogP contribution in [0.4, 0.5) is 5.69 Å². The van der Waals surface area contributed by atoms with Gasteiger partial charge in [-0.05, 0) is 64.4 Å². The third kappa shape index (κ3) is 7.83. The van der Waals surface area contributed by atoms with Crippen LogP contribution < -0.4 is 14.4 Å². The van der Waals surface area contributed by atoms with Gasteiger partial charge in [0, 0.05) is 12.1 Å². The minimum absolute atomic E-state index is 0.0391. The molecule has 0 bridgehead atoms. The highest BCUT2D eigenvalue weighted by molar-refractivity contribution is 7.92. The monoisotopic (exact) mass is 551 g/mol. The smallest absolute Gasteiger partial charge is 0.264 e. The molecule has 0 aromatic heterocycles. The number of hydrogen-bond acceptors (Lipinski definition) is 5. The van der Waals surface area contributed by atoms with Crippen LogP contribution in [-0.4, -0.2) is 49.9 Å². The first kappa shape index (κ1) is 29.7. The van der Waals surface area contributed by atoms with Crippen LogP contribution in [0.2, 0.25) is 0 Å². The van der Waals surface area contributed by atoms with Gasteiger partial charge in [0.25, 0.3) is 10.0 Å². The van der Waals surface area contributed by atoms with Gasteiger partial charge in [-0.25, -0.2) is 8.42 Å². The fourth-order valence-corrected chi connectivity index (χ4v) is 5.46. The Morgan fingerprint density at radius 3 is 2.05 bits per heavy atom. The van der Waals surface area contributed by atoms with Crippen LogP contribution in [0.5, 0.6) is 5.75 Å². The maximum Gasteiger partial charge on any atom is 0.264 e. The summed E-state index contributed by atoms with van der Waals surface area (Å²) in [6.07, 6.45) is 0. The number of benzene rings is 3. The van der Waals surface area contributed by atoms with Crippen molar-refractivity contribution in [3.05, 3.63) is 90.5 Å². The van der Waals surface area contributed by atoms with E-state index in [-0.39, 0.29) is 23.0 Å². The van der Waals surface area contributed by atoms with Crippen LogP contribution in [0, 0.1) is 0 Å². The third-order valence-electron chi connectivity index (χ3n) is 5.91. The zero-order valence-corrected chi connectivity index (χ0v) is 23.9. The largest absolute Gasteiger partial charge is 0.492 e. The zero-order valence-electron chi connectivity index (χ0n) is 23.1. The fourth-order valence-electron chi connectivity index (χ4n) is 4.01. The Hall–Kier alpha value is -3.85. The summed E-state index contributed by atoms with van der Waals surface area (Å²) >= 11 is 0. The molecule has 0 heterocycles. The van der Waals surface area contributed by atoms with Gasteiger partial charge in [-0.3, -0.25) is 13.9 Å². The number of carbonyl (C=O) groups excluding carboxylic acids is 2. The van der Waals surface area contributed by atoms with Crippen molar-refractivity contribution in [3.63, 3.8) is 0 Å². The molecule has 0 saturated carbocycles. The van der Waals surface area contributed by atoms with E-state index in [2.05, 4.69) is 5.32 Å². The van der Waals surface area contributed by atoms with Crippen molar-refractivity contribution in [2.75, 3.05) is 17.5 Å². The van der Waals surface area contributed by atoms with Crippen molar-refractivity contribution in [1.29, 1.82) is 0 Å². The van der Waals surface area contributed by atoms with Crippen LogP contribution in [0.15, 0.2) is 89.8 Å². The molecule has 0 aliphatic carbocycles. The molecular formula is C30H37N3O5S. The maximum atomic E-state index is 14.0. The number of nitrogens with one attached hydrogen (secondary N) is 1. The number of amides is 2. The second-order valence-electron chi connectivity index (χ2n) is 10.1. The van der Waals surface area contributed by atoms with E-state index in [1.54, 1.807) is 56.3 Å². The van der Waals surface area contributed by atoms with E-state index in [1.807, 2.05) is 51.1 Å². The molecule has 3 aromatic rings. The van der Waals surface area contributed by atoms with Crippen molar-refractivity contribution in [1.82, 2.24) is 10.2 Å². The van der Waals surface area contributed by atoms with Crippen molar-refractivity contribution in [2.45, 2.75) is 57.6 Å². The average molecular weight is 552 g/mol. The highest BCUT2D eigenvalue weighted by Crippen LogP contribution is 2.32. The molecule has 0 aliphatic heterocycles. The Morgan fingerprint density at radius 2 is 1.46 bits per heavy atom. The van der Waals surface area contributed by atoms with Crippen LogP contribution >= 0.6 is 0 Å². The Balaban J connectivity index is 2.06. The summed E-state index contributed by atoms with van der Waals surface area (Å²) in [6.45, 7) is 8.95. The van der Waals surface area contributed by atoms with Gasteiger partial charge in [0.1, 0.15) is 18.3 Å². The lowest BCUT2D eigenvalue weighted by Gasteiger charge is -2.33. The van der Waals surface area contributed by atoms with Crippen LogP contribution in [0.25, 0.3) is 0 Å². The van der Waals surface area contributed by atoms with Crippen molar-refractivity contribution in [3.8, 4) is 5.75 Å². The highest BCUT2D eigenvalue weighted by Gasteiger charge is 2.34. The second kappa shape index (κ2) is 12.8. The van der Waals surface area contributed by atoms with E-state index in [4.69, 9.17) is 4.74 Å². The van der Waals surface area contributed by atoms with E-state index < -0.39 is 34.1 Å². The Kier molecular flexibility index (Phi) is 9.75. The molecule has 0 unspecified atom stereocenters. The van der Waals surface area contributed by atoms with E-state index >= 15 is 0 Å². The van der Waals surface area contributed by atoms with Crippen LogP contribution in [0.3, 0.4) is 0 Å². The van der Waals surface area contributed by atoms with Crippen molar-refractivity contribution in [2.24, 2.45) is 0 Å². The van der Waals surface area contributed by atoms with Crippen LogP contribution in [-0.2, 0) is 26.2 Å². The lowest BCUT2D eigenvalue weighted by Crippen LogP contribution is -2.54. The molecular weight excluding hydrogens is 514 g/mol. The molecule has 2 amide bonds. The van der Waals surface area contributed by atoms with E-state index in [9.17, 15) is 18.0 Å². The molecule has 0 aliphatic rings. The summed E-state index contributed by atoms with van der Waals surface area (Å²) < 4.78 is 34.6. The van der Waals surface area contributed by atoms with Crippen molar-refractivity contribution >= 4 is 27.5 Å². The number of hydrogen-bond donors (Lipinski definition) is 1. The van der Waals surface area contributed by atoms with Gasteiger partial charge >= 0.3 is 0 Å². The number of anilines is 1.